The summed E-state index contributed by atoms with van der Waals surface area (Å²) < 4.78 is 1.90. The molecule has 0 bridgehead atoms. The molecule has 0 spiro atoms. The van der Waals surface area contributed by atoms with E-state index in [1.54, 1.807) is 0 Å². The van der Waals surface area contributed by atoms with Crippen LogP contribution in [0.3, 0.4) is 0 Å². The second kappa shape index (κ2) is 8.93. The minimum atomic E-state index is -0.931. The molecular weight excluding hydrogens is 374 g/mol. The Morgan fingerprint density at radius 2 is 1.71 bits per heavy atom. The summed E-state index contributed by atoms with van der Waals surface area (Å²) in [6.45, 7) is 6.64. The molecule has 0 radical (unpaired) electrons. The number of benzene rings is 2. The van der Waals surface area contributed by atoms with Crippen LogP contribution in [0.4, 0.5) is 5.69 Å². The molecule has 0 amide bonds. The van der Waals surface area contributed by atoms with Crippen molar-refractivity contribution >= 4 is 23.3 Å². The molecule has 28 heavy (non-hydrogen) atoms. The zero-order chi connectivity index (χ0) is 20.1. The number of aromatic nitrogens is 2. The topological polar surface area (TPSA) is 58.4 Å². The van der Waals surface area contributed by atoms with Gasteiger partial charge in [-0.15, -0.1) is 0 Å². The first-order chi connectivity index (χ1) is 13.5. The quantitative estimate of drug-likeness (QED) is 0.597. The van der Waals surface area contributed by atoms with Crippen LogP contribution in [-0.4, -0.2) is 33.7 Å². The van der Waals surface area contributed by atoms with Crippen LogP contribution in [0.15, 0.2) is 54.6 Å². The lowest BCUT2D eigenvalue weighted by Crippen LogP contribution is -2.21. The molecule has 1 aromatic heterocycles. The van der Waals surface area contributed by atoms with Gasteiger partial charge in [0.2, 0.25) is 0 Å². The summed E-state index contributed by atoms with van der Waals surface area (Å²) >= 11 is 6.33. The number of halogens is 1. The van der Waals surface area contributed by atoms with Gasteiger partial charge in [-0.25, -0.2) is 4.98 Å². The number of nitrogens with zero attached hydrogens (tertiary/aromatic N) is 3. The van der Waals surface area contributed by atoms with Gasteiger partial charge in [-0.3, -0.25) is 4.79 Å². The molecule has 0 atom stereocenters. The molecule has 0 saturated heterocycles. The molecule has 3 rings (SSSR count). The number of carbonyl (C=O) groups is 1. The van der Waals surface area contributed by atoms with Crippen molar-refractivity contribution in [1.82, 2.24) is 9.55 Å². The number of carboxylic acid groups (broad SMARTS) is 1. The van der Waals surface area contributed by atoms with Crippen molar-refractivity contribution in [2.75, 3.05) is 18.0 Å². The second-order valence-corrected chi connectivity index (χ2v) is 6.89. The third kappa shape index (κ3) is 4.37. The van der Waals surface area contributed by atoms with Gasteiger partial charge in [0.05, 0.1) is 12.1 Å². The Morgan fingerprint density at radius 3 is 2.29 bits per heavy atom. The van der Waals surface area contributed by atoms with Gasteiger partial charge >= 0.3 is 5.97 Å². The zero-order valence-electron chi connectivity index (χ0n) is 16.1. The molecule has 2 aromatic carbocycles. The minimum absolute atomic E-state index is 0.170. The highest BCUT2D eigenvalue weighted by Crippen LogP contribution is 2.29. The number of hydrogen-bond acceptors (Lipinski definition) is 3. The standard InChI is InChI=1S/C22H24ClN3O2/c1-3-25(4-2)18-12-10-17(11-13-18)22-24-21(23)19(14-20(27)28)26(22)15-16-8-6-5-7-9-16/h5-13H,3-4,14-15H2,1-2H3,(H,27,28). The monoisotopic (exact) mass is 397 g/mol. The van der Waals surface area contributed by atoms with Gasteiger partial charge < -0.3 is 14.6 Å². The minimum Gasteiger partial charge on any atom is -0.481 e. The maximum absolute atomic E-state index is 11.4. The van der Waals surface area contributed by atoms with E-state index in [1.807, 2.05) is 47.0 Å². The maximum Gasteiger partial charge on any atom is 0.309 e. The highest BCUT2D eigenvalue weighted by molar-refractivity contribution is 6.30. The third-order valence-electron chi connectivity index (χ3n) is 4.78. The Bertz CT molecular complexity index is 932. The largest absolute Gasteiger partial charge is 0.481 e. The molecule has 5 nitrogen and oxygen atoms in total. The molecule has 0 fully saturated rings. The summed E-state index contributed by atoms with van der Waals surface area (Å²) in [6, 6.07) is 18.0. The Hall–Kier alpha value is -2.79. The number of hydrogen-bond donors (Lipinski definition) is 1. The van der Waals surface area contributed by atoms with E-state index < -0.39 is 5.97 Å². The van der Waals surface area contributed by atoms with Crippen LogP contribution in [0.25, 0.3) is 11.4 Å². The van der Waals surface area contributed by atoms with Crippen LogP contribution in [0.5, 0.6) is 0 Å². The van der Waals surface area contributed by atoms with Crippen molar-refractivity contribution in [1.29, 1.82) is 0 Å². The average molecular weight is 398 g/mol. The molecule has 0 aliphatic rings. The Kier molecular flexibility index (Phi) is 6.37. The fraction of sp³-hybridized carbons (Fsp3) is 0.273. The molecule has 0 aliphatic carbocycles. The first-order valence-electron chi connectivity index (χ1n) is 9.39. The fourth-order valence-electron chi connectivity index (χ4n) is 3.34. The number of anilines is 1. The summed E-state index contributed by atoms with van der Waals surface area (Å²) in [6.07, 6.45) is -0.170. The van der Waals surface area contributed by atoms with Gasteiger partial charge in [-0.1, -0.05) is 41.9 Å². The molecule has 146 valence electrons. The summed E-state index contributed by atoms with van der Waals surface area (Å²) in [4.78, 5) is 18.1. The maximum atomic E-state index is 11.4. The number of carboxylic acids is 1. The lowest BCUT2D eigenvalue weighted by Gasteiger charge is -2.21. The molecule has 0 saturated carbocycles. The van der Waals surface area contributed by atoms with Crippen LogP contribution in [0, 0.1) is 0 Å². The highest BCUT2D eigenvalue weighted by atomic mass is 35.5. The van der Waals surface area contributed by atoms with Gasteiger partial charge in [0.25, 0.3) is 0 Å². The molecule has 3 aromatic rings. The Morgan fingerprint density at radius 1 is 1.07 bits per heavy atom. The third-order valence-corrected chi connectivity index (χ3v) is 5.08. The van der Waals surface area contributed by atoms with Crippen molar-refractivity contribution in [3.8, 4) is 11.4 Å². The Balaban J connectivity index is 2.03. The van der Waals surface area contributed by atoms with Crippen molar-refractivity contribution in [3.05, 3.63) is 71.0 Å². The van der Waals surface area contributed by atoms with E-state index in [0.717, 1.165) is 29.9 Å². The summed E-state index contributed by atoms with van der Waals surface area (Å²) in [7, 11) is 0. The predicted octanol–water partition coefficient (Wildman–Crippen LogP) is 4.73. The van der Waals surface area contributed by atoms with Crippen LogP contribution < -0.4 is 4.90 Å². The van der Waals surface area contributed by atoms with E-state index in [9.17, 15) is 9.90 Å². The first kappa shape index (κ1) is 20.0. The average Bonchev–Trinajstić information content (AvgIpc) is 2.99. The van der Waals surface area contributed by atoms with Crippen LogP contribution in [0.2, 0.25) is 5.15 Å². The van der Waals surface area contributed by atoms with Crippen LogP contribution in [0.1, 0.15) is 25.1 Å². The van der Waals surface area contributed by atoms with Gasteiger partial charge in [0, 0.05) is 30.9 Å². The van der Waals surface area contributed by atoms with Gasteiger partial charge in [-0.05, 0) is 43.7 Å². The van der Waals surface area contributed by atoms with Crippen molar-refractivity contribution in [2.24, 2.45) is 0 Å². The van der Waals surface area contributed by atoms with Crippen LogP contribution in [-0.2, 0) is 17.8 Å². The second-order valence-electron chi connectivity index (χ2n) is 6.53. The lowest BCUT2D eigenvalue weighted by atomic mass is 10.1. The van der Waals surface area contributed by atoms with Gasteiger partial charge in [0.1, 0.15) is 5.82 Å². The van der Waals surface area contributed by atoms with E-state index in [4.69, 9.17) is 11.6 Å². The Labute approximate surface area is 170 Å². The van der Waals surface area contributed by atoms with Crippen molar-refractivity contribution < 1.29 is 9.90 Å². The SMILES string of the molecule is CCN(CC)c1ccc(-c2nc(Cl)c(CC(=O)O)n2Cc2ccccc2)cc1. The first-order valence-corrected chi connectivity index (χ1v) is 9.77. The molecule has 0 unspecified atom stereocenters. The zero-order valence-corrected chi connectivity index (χ0v) is 16.9. The lowest BCUT2D eigenvalue weighted by molar-refractivity contribution is -0.136. The summed E-state index contributed by atoms with van der Waals surface area (Å²) in [5.74, 6) is -0.254. The highest BCUT2D eigenvalue weighted by Gasteiger charge is 2.20. The van der Waals surface area contributed by atoms with Crippen LogP contribution >= 0.6 is 11.6 Å². The van der Waals surface area contributed by atoms with E-state index in [0.29, 0.717) is 18.1 Å². The summed E-state index contributed by atoms with van der Waals surface area (Å²) in [5.41, 5.74) is 3.63. The predicted molar refractivity (Wildman–Crippen MR) is 113 cm³/mol. The molecule has 1 heterocycles. The fourth-order valence-corrected chi connectivity index (χ4v) is 3.58. The van der Waals surface area contributed by atoms with Crippen molar-refractivity contribution in [2.45, 2.75) is 26.8 Å². The molecular formula is C22H24ClN3O2. The van der Waals surface area contributed by atoms with E-state index in [1.165, 1.54) is 0 Å². The van der Waals surface area contributed by atoms with E-state index in [-0.39, 0.29) is 11.6 Å². The van der Waals surface area contributed by atoms with Gasteiger partial charge in [0.15, 0.2) is 5.15 Å². The smallest absolute Gasteiger partial charge is 0.309 e. The van der Waals surface area contributed by atoms with Crippen molar-refractivity contribution in [3.63, 3.8) is 0 Å². The van der Waals surface area contributed by atoms with E-state index in [2.05, 4.69) is 35.9 Å². The van der Waals surface area contributed by atoms with Gasteiger partial charge in [-0.2, -0.15) is 0 Å². The number of rotatable bonds is 8. The summed E-state index contributed by atoms with van der Waals surface area (Å²) in [5, 5.41) is 9.55. The normalized spacial score (nSPS) is 10.8. The molecule has 6 heteroatoms. The molecule has 0 aliphatic heterocycles. The van der Waals surface area contributed by atoms with E-state index >= 15 is 0 Å². The molecule has 1 N–H and O–H groups in total. The number of imidazole rings is 1. The number of aliphatic carboxylic acids is 1.